The molecular formula is C6H15O7P. The Labute approximate surface area is 82.5 Å². The van der Waals surface area contributed by atoms with Crippen molar-refractivity contribution in [2.24, 2.45) is 0 Å². The zero-order valence-electron chi connectivity index (χ0n) is 7.81. The molecule has 0 aliphatic carbocycles. The minimum absolute atomic E-state index is 1.19. The molecule has 0 radical (unpaired) electrons. The lowest BCUT2D eigenvalue weighted by molar-refractivity contribution is -0.133. The molecule has 0 aliphatic heterocycles. The van der Waals surface area contributed by atoms with Crippen LogP contribution in [0.5, 0.6) is 0 Å². The molecule has 4 atom stereocenters. The zero-order chi connectivity index (χ0) is 11.3. The fourth-order valence-corrected chi connectivity index (χ4v) is 1.16. The van der Waals surface area contributed by atoms with Gasteiger partial charge < -0.3 is 25.3 Å². The molecule has 0 aromatic heterocycles. The second kappa shape index (κ2) is 6.60. The molecule has 4 unspecified atom stereocenters. The largest absolute Gasteiger partial charge is 0.388 e. The van der Waals surface area contributed by atoms with Crippen molar-refractivity contribution in [3.05, 3.63) is 0 Å². The topological polar surface area (TPSA) is 120 Å². The van der Waals surface area contributed by atoms with E-state index in [2.05, 4.69) is 9.05 Å². The molecular weight excluding hydrogens is 215 g/mol. The van der Waals surface area contributed by atoms with Gasteiger partial charge in [0.05, 0.1) is 0 Å². The third-order valence-electron chi connectivity index (χ3n) is 1.22. The van der Waals surface area contributed by atoms with Gasteiger partial charge in [-0.15, -0.1) is 0 Å². The van der Waals surface area contributed by atoms with Crippen molar-refractivity contribution in [2.45, 2.75) is 38.6 Å². The SMILES string of the molecule is CC(O)C(O)OP(O)OC(O)C(C)O. The van der Waals surface area contributed by atoms with Gasteiger partial charge in [-0.3, -0.25) is 9.05 Å². The maximum absolute atomic E-state index is 8.97. The second-order valence-corrected chi connectivity index (χ2v) is 3.61. The summed E-state index contributed by atoms with van der Waals surface area (Å²) in [5.41, 5.74) is 0. The number of aliphatic hydroxyl groups is 4. The van der Waals surface area contributed by atoms with Crippen LogP contribution in [0.2, 0.25) is 0 Å². The monoisotopic (exact) mass is 230 g/mol. The van der Waals surface area contributed by atoms with E-state index in [0.717, 1.165) is 0 Å². The molecule has 14 heavy (non-hydrogen) atoms. The molecule has 0 fully saturated rings. The molecule has 0 aliphatic rings. The van der Waals surface area contributed by atoms with Crippen LogP contribution in [0.1, 0.15) is 13.8 Å². The van der Waals surface area contributed by atoms with Crippen LogP contribution in [0.15, 0.2) is 0 Å². The molecule has 0 rings (SSSR count). The summed E-state index contributed by atoms with van der Waals surface area (Å²) in [5.74, 6) is 0. The van der Waals surface area contributed by atoms with E-state index >= 15 is 0 Å². The summed E-state index contributed by atoms with van der Waals surface area (Å²) in [5, 5.41) is 35.4. The Morgan fingerprint density at radius 1 is 0.857 bits per heavy atom. The van der Waals surface area contributed by atoms with Crippen LogP contribution in [-0.4, -0.2) is 50.1 Å². The number of hydrogen-bond acceptors (Lipinski definition) is 7. The van der Waals surface area contributed by atoms with Crippen molar-refractivity contribution in [3.8, 4) is 0 Å². The highest BCUT2D eigenvalue weighted by Gasteiger charge is 2.23. The average Bonchev–Trinajstić information content (AvgIpc) is 2.03. The van der Waals surface area contributed by atoms with Gasteiger partial charge in [0.25, 0.3) is 0 Å². The highest BCUT2D eigenvalue weighted by atomic mass is 31.2. The van der Waals surface area contributed by atoms with E-state index in [-0.39, 0.29) is 0 Å². The van der Waals surface area contributed by atoms with Gasteiger partial charge in [-0.25, -0.2) is 0 Å². The Morgan fingerprint density at radius 3 is 1.36 bits per heavy atom. The van der Waals surface area contributed by atoms with Gasteiger partial charge in [-0.2, -0.15) is 0 Å². The fraction of sp³-hybridized carbons (Fsp3) is 1.00. The van der Waals surface area contributed by atoms with Gasteiger partial charge in [-0.05, 0) is 13.8 Å². The molecule has 0 aromatic rings. The maximum Gasteiger partial charge on any atom is 0.334 e. The standard InChI is InChI=1S/C6H15O7P/c1-3(7)5(9)12-14(11)13-6(10)4(2)8/h3-11H,1-2H3. The van der Waals surface area contributed by atoms with Crippen LogP contribution in [0, 0.1) is 0 Å². The molecule has 0 saturated heterocycles. The van der Waals surface area contributed by atoms with Crippen LogP contribution < -0.4 is 0 Å². The third kappa shape index (κ3) is 5.79. The lowest BCUT2D eigenvalue weighted by atomic mass is 10.4. The van der Waals surface area contributed by atoms with Crippen molar-refractivity contribution in [2.75, 3.05) is 0 Å². The summed E-state index contributed by atoms with van der Waals surface area (Å²) in [6.45, 7) is 2.50. The Bertz CT molecular complexity index is 137. The van der Waals surface area contributed by atoms with Crippen molar-refractivity contribution in [3.63, 3.8) is 0 Å². The van der Waals surface area contributed by atoms with Gasteiger partial charge in [0.1, 0.15) is 12.2 Å². The van der Waals surface area contributed by atoms with Crippen LogP contribution in [-0.2, 0) is 9.05 Å². The molecule has 0 heterocycles. The second-order valence-electron chi connectivity index (χ2n) is 2.71. The first-order valence-electron chi connectivity index (χ1n) is 3.89. The predicted octanol–water partition coefficient (Wildman–Crippen LogP) is -1.36. The van der Waals surface area contributed by atoms with E-state index in [4.69, 9.17) is 25.3 Å². The first-order chi connectivity index (χ1) is 6.34. The molecule has 86 valence electrons. The minimum Gasteiger partial charge on any atom is -0.388 e. The van der Waals surface area contributed by atoms with E-state index in [1.54, 1.807) is 0 Å². The molecule has 0 saturated carbocycles. The van der Waals surface area contributed by atoms with Gasteiger partial charge in [0, 0.05) is 0 Å². The zero-order valence-corrected chi connectivity index (χ0v) is 8.70. The molecule has 0 spiro atoms. The van der Waals surface area contributed by atoms with E-state index in [0.29, 0.717) is 0 Å². The Hall–Kier alpha value is 0.150. The van der Waals surface area contributed by atoms with Crippen molar-refractivity contribution in [1.82, 2.24) is 0 Å². The summed E-state index contributed by atoms with van der Waals surface area (Å²) in [7, 11) is -2.54. The fourth-order valence-electron chi connectivity index (χ4n) is 0.386. The smallest absolute Gasteiger partial charge is 0.334 e. The highest BCUT2D eigenvalue weighted by molar-refractivity contribution is 7.40. The van der Waals surface area contributed by atoms with E-state index < -0.39 is 33.4 Å². The molecule has 8 heteroatoms. The van der Waals surface area contributed by atoms with Gasteiger partial charge in [0.2, 0.25) is 0 Å². The molecule has 0 amide bonds. The maximum atomic E-state index is 8.97. The van der Waals surface area contributed by atoms with Crippen LogP contribution >= 0.6 is 8.60 Å². The Morgan fingerprint density at radius 2 is 1.14 bits per heavy atom. The highest BCUT2D eigenvalue weighted by Crippen LogP contribution is 2.36. The molecule has 0 aromatic carbocycles. The van der Waals surface area contributed by atoms with Crippen LogP contribution in [0.4, 0.5) is 0 Å². The van der Waals surface area contributed by atoms with Crippen molar-refractivity contribution in [1.29, 1.82) is 0 Å². The number of hydrogen-bond donors (Lipinski definition) is 5. The number of aliphatic hydroxyl groups excluding tert-OH is 4. The summed E-state index contributed by atoms with van der Waals surface area (Å²) in [6.07, 6.45) is -5.60. The van der Waals surface area contributed by atoms with E-state index in [1.807, 2.05) is 0 Å². The lowest BCUT2D eigenvalue weighted by Crippen LogP contribution is -2.27. The van der Waals surface area contributed by atoms with E-state index in [9.17, 15) is 0 Å². The third-order valence-corrected chi connectivity index (χ3v) is 2.01. The Kier molecular flexibility index (Phi) is 6.67. The van der Waals surface area contributed by atoms with Crippen LogP contribution in [0.25, 0.3) is 0 Å². The molecule has 0 bridgehead atoms. The average molecular weight is 230 g/mol. The van der Waals surface area contributed by atoms with Gasteiger partial charge >= 0.3 is 8.60 Å². The quantitative estimate of drug-likeness (QED) is 0.282. The van der Waals surface area contributed by atoms with Crippen molar-refractivity contribution >= 4 is 8.60 Å². The van der Waals surface area contributed by atoms with E-state index in [1.165, 1.54) is 13.8 Å². The Balaban J connectivity index is 3.80. The summed E-state index contributed by atoms with van der Waals surface area (Å²) < 4.78 is 8.73. The first-order valence-corrected chi connectivity index (χ1v) is 5.02. The number of rotatable bonds is 6. The lowest BCUT2D eigenvalue weighted by Gasteiger charge is -2.20. The van der Waals surface area contributed by atoms with Crippen molar-refractivity contribution < 1.29 is 34.4 Å². The summed E-state index contributed by atoms with van der Waals surface area (Å²) in [6, 6.07) is 0. The molecule has 7 nitrogen and oxygen atoms in total. The first kappa shape index (κ1) is 14.2. The summed E-state index contributed by atoms with van der Waals surface area (Å²) in [4.78, 5) is 8.97. The minimum atomic E-state index is -2.54. The van der Waals surface area contributed by atoms with Gasteiger partial charge in [0.15, 0.2) is 12.6 Å². The normalized spacial score (nSPS) is 22.5. The molecule has 5 N–H and O–H groups in total. The van der Waals surface area contributed by atoms with Gasteiger partial charge in [-0.1, -0.05) is 0 Å². The van der Waals surface area contributed by atoms with Crippen LogP contribution in [0.3, 0.4) is 0 Å². The summed E-state index contributed by atoms with van der Waals surface area (Å²) >= 11 is 0. The predicted molar refractivity (Wildman–Crippen MR) is 46.7 cm³/mol.